The summed E-state index contributed by atoms with van der Waals surface area (Å²) in [6, 6.07) is 7.65. The molecule has 5 nitrogen and oxygen atoms in total. The number of piperidine rings is 1. The van der Waals surface area contributed by atoms with Crippen molar-refractivity contribution < 1.29 is 9.59 Å². The van der Waals surface area contributed by atoms with Crippen molar-refractivity contribution in [2.24, 2.45) is 10.9 Å². The number of benzene rings is 1. The molecule has 1 saturated heterocycles. The first-order chi connectivity index (χ1) is 13.1. The van der Waals surface area contributed by atoms with Gasteiger partial charge >= 0.3 is 0 Å². The zero-order chi connectivity index (χ0) is 18.8. The number of thioether (sulfide) groups is 1. The molecule has 1 aromatic rings. The van der Waals surface area contributed by atoms with E-state index >= 15 is 0 Å². The van der Waals surface area contributed by atoms with Gasteiger partial charge in [0.05, 0.1) is 16.5 Å². The summed E-state index contributed by atoms with van der Waals surface area (Å²) >= 11 is 7.61. The number of nitrogens with zero attached hydrogens (tertiary/aromatic N) is 3. The number of carbonyl (C=O) groups excluding carboxylic acids is 2. The Morgan fingerprint density at radius 3 is 2.81 bits per heavy atom. The summed E-state index contributed by atoms with van der Waals surface area (Å²) in [6.45, 7) is 0.969. The van der Waals surface area contributed by atoms with E-state index in [1.54, 1.807) is 17.0 Å². The number of hydrogen-bond donors (Lipinski definition) is 0. The lowest BCUT2D eigenvalue weighted by molar-refractivity contribution is -0.134. The highest BCUT2D eigenvalue weighted by atomic mass is 35.5. The lowest BCUT2D eigenvalue weighted by Gasteiger charge is -2.44. The number of hydrogen-bond acceptors (Lipinski definition) is 4. The molecule has 4 rings (SSSR count). The van der Waals surface area contributed by atoms with Crippen LogP contribution in [0.5, 0.6) is 0 Å². The molecule has 0 spiro atoms. The quantitative estimate of drug-likeness (QED) is 0.764. The van der Waals surface area contributed by atoms with Crippen LogP contribution in [0, 0.1) is 5.92 Å². The Kier molecular flexibility index (Phi) is 5.74. The molecular weight excluding hydrogens is 382 g/mol. The number of rotatable bonds is 3. The number of carbonyl (C=O) groups is 2. The fraction of sp³-hybridized carbons (Fsp3) is 0.550. The molecule has 0 N–H and O–H groups in total. The van der Waals surface area contributed by atoms with Crippen molar-refractivity contribution >= 4 is 46.0 Å². The van der Waals surface area contributed by atoms with E-state index in [9.17, 15) is 9.59 Å². The van der Waals surface area contributed by atoms with Crippen LogP contribution in [0.15, 0.2) is 29.3 Å². The van der Waals surface area contributed by atoms with E-state index in [4.69, 9.17) is 11.6 Å². The highest BCUT2D eigenvalue weighted by Crippen LogP contribution is 2.36. The minimum absolute atomic E-state index is 0.107. The smallest absolute Gasteiger partial charge is 0.254 e. The second-order valence-electron chi connectivity index (χ2n) is 7.41. The van der Waals surface area contributed by atoms with Gasteiger partial charge in [0.2, 0.25) is 5.91 Å². The van der Waals surface area contributed by atoms with Crippen LogP contribution in [0.1, 0.15) is 38.5 Å². The van der Waals surface area contributed by atoms with Crippen LogP contribution in [0.25, 0.3) is 0 Å². The molecule has 1 aromatic carbocycles. The summed E-state index contributed by atoms with van der Waals surface area (Å²) in [7, 11) is 0. The van der Waals surface area contributed by atoms with Gasteiger partial charge in [0.15, 0.2) is 5.17 Å². The Balaban J connectivity index is 1.42. The summed E-state index contributed by atoms with van der Waals surface area (Å²) in [5.41, 5.74) is 0.630. The van der Waals surface area contributed by atoms with Crippen molar-refractivity contribution in [1.82, 2.24) is 4.90 Å². The fourth-order valence-electron chi connectivity index (χ4n) is 4.51. The molecule has 7 heteroatoms. The van der Waals surface area contributed by atoms with Gasteiger partial charge in [-0.15, -0.1) is 0 Å². The Hall–Kier alpha value is -1.53. The number of likely N-dealkylation sites (tertiary alicyclic amines) is 1. The third-order valence-corrected chi connectivity index (χ3v) is 7.05. The van der Waals surface area contributed by atoms with Crippen LogP contribution >= 0.6 is 23.4 Å². The number of anilines is 1. The van der Waals surface area contributed by atoms with Gasteiger partial charge in [-0.1, -0.05) is 48.3 Å². The molecule has 2 aliphatic heterocycles. The van der Waals surface area contributed by atoms with Crippen molar-refractivity contribution in [3.63, 3.8) is 0 Å². The predicted octanol–water partition coefficient (Wildman–Crippen LogP) is 3.96. The van der Waals surface area contributed by atoms with Gasteiger partial charge in [-0.3, -0.25) is 19.5 Å². The lowest BCUT2D eigenvalue weighted by atomic mass is 9.78. The highest BCUT2D eigenvalue weighted by Gasteiger charge is 2.36. The van der Waals surface area contributed by atoms with E-state index < -0.39 is 0 Å². The van der Waals surface area contributed by atoms with E-state index in [0.717, 1.165) is 19.4 Å². The average Bonchev–Trinajstić information content (AvgIpc) is 3.06. The topological polar surface area (TPSA) is 53.0 Å². The largest absolute Gasteiger partial charge is 0.339 e. The Bertz CT molecular complexity index is 767. The third-order valence-electron chi connectivity index (χ3n) is 5.77. The summed E-state index contributed by atoms with van der Waals surface area (Å²) in [4.78, 5) is 33.2. The number of halogens is 1. The van der Waals surface area contributed by atoms with E-state index in [2.05, 4.69) is 9.89 Å². The number of amides is 2. The first-order valence-electron chi connectivity index (χ1n) is 9.69. The Morgan fingerprint density at radius 2 is 1.96 bits per heavy atom. The van der Waals surface area contributed by atoms with E-state index in [-0.39, 0.29) is 18.4 Å². The maximum atomic E-state index is 12.9. The number of aliphatic imine (C=N–C) groups is 1. The number of fused-ring (bicyclic) bond motifs is 1. The van der Waals surface area contributed by atoms with Gasteiger partial charge in [0, 0.05) is 12.6 Å². The molecule has 144 valence electrons. The van der Waals surface area contributed by atoms with Crippen molar-refractivity contribution in [2.75, 3.05) is 23.7 Å². The Morgan fingerprint density at radius 1 is 1.19 bits per heavy atom. The van der Waals surface area contributed by atoms with Crippen LogP contribution in [-0.2, 0) is 9.59 Å². The van der Waals surface area contributed by atoms with Crippen LogP contribution in [-0.4, -0.2) is 46.8 Å². The summed E-state index contributed by atoms with van der Waals surface area (Å²) < 4.78 is 0. The first-order valence-corrected chi connectivity index (χ1v) is 11.1. The Labute approximate surface area is 169 Å². The predicted molar refractivity (Wildman–Crippen MR) is 110 cm³/mol. The molecule has 27 heavy (non-hydrogen) atoms. The van der Waals surface area contributed by atoms with E-state index in [1.165, 1.54) is 37.4 Å². The summed E-state index contributed by atoms with van der Waals surface area (Å²) in [5, 5.41) is 1.08. The van der Waals surface area contributed by atoms with E-state index in [1.807, 2.05) is 12.1 Å². The zero-order valence-electron chi connectivity index (χ0n) is 15.3. The molecule has 2 heterocycles. The standard InChI is InChI=1S/C20H24ClN3O2S/c21-15-8-2-4-10-17(15)24-18(25)12-22-20(24)27-13-19(26)23-11-5-7-14-6-1-3-9-16(14)23/h2,4,8,10,14,16H,1,3,5-7,9,11-13H2/t14-,16+/m1/s1. The monoisotopic (exact) mass is 405 g/mol. The van der Waals surface area contributed by atoms with Gasteiger partial charge in [-0.05, 0) is 43.7 Å². The second kappa shape index (κ2) is 8.23. The molecule has 0 radical (unpaired) electrons. The molecule has 0 aromatic heterocycles. The van der Waals surface area contributed by atoms with E-state index in [0.29, 0.717) is 33.6 Å². The van der Waals surface area contributed by atoms with Crippen molar-refractivity contribution in [3.05, 3.63) is 29.3 Å². The zero-order valence-corrected chi connectivity index (χ0v) is 16.8. The molecular formula is C20H24ClN3O2S. The van der Waals surface area contributed by atoms with Crippen LogP contribution < -0.4 is 4.90 Å². The molecule has 2 fully saturated rings. The third kappa shape index (κ3) is 3.87. The van der Waals surface area contributed by atoms with Gasteiger partial charge in [-0.25, -0.2) is 0 Å². The second-order valence-corrected chi connectivity index (χ2v) is 8.76. The normalized spacial score (nSPS) is 25.4. The van der Waals surface area contributed by atoms with Gasteiger partial charge in [0.1, 0.15) is 6.54 Å². The number of para-hydroxylation sites is 1. The fourth-order valence-corrected chi connectivity index (χ4v) is 5.63. The molecule has 1 aliphatic carbocycles. The van der Waals surface area contributed by atoms with Gasteiger partial charge in [-0.2, -0.15) is 0 Å². The summed E-state index contributed by atoms with van der Waals surface area (Å²) in [5.74, 6) is 1.05. The minimum Gasteiger partial charge on any atom is -0.339 e. The van der Waals surface area contributed by atoms with Crippen LogP contribution in [0.2, 0.25) is 5.02 Å². The molecule has 0 bridgehead atoms. The highest BCUT2D eigenvalue weighted by molar-refractivity contribution is 8.14. The molecule has 1 saturated carbocycles. The van der Waals surface area contributed by atoms with Crippen LogP contribution in [0.4, 0.5) is 5.69 Å². The first kappa shape index (κ1) is 18.8. The summed E-state index contributed by atoms with van der Waals surface area (Å²) in [6.07, 6.45) is 7.25. The maximum Gasteiger partial charge on any atom is 0.254 e. The molecule has 3 aliphatic rings. The van der Waals surface area contributed by atoms with Crippen molar-refractivity contribution in [3.8, 4) is 0 Å². The lowest BCUT2D eigenvalue weighted by Crippen LogP contribution is -2.50. The van der Waals surface area contributed by atoms with Crippen molar-refractivity contribution in [1.29, 1.82) is 0 Å². The van der Waals surface area contributed by atoms with Gasteiger partial charge in [0.25, 0.3) is 5.91 Å². The molecule has 2 amide bonds. The van der Waals surface area contributed by atoms with Gasteiger partial charge < -0.3 is 4.90 Å². The molecule has 2 atom stereocenters. The van der Waals surface area contributed by atoms with Crippen molar-refractivity contribution in [2.45, 2.75) is 44.6 Å². The van der Waals surface area contributed by atoms with Crippen LogP contribution in [0.3, 0.4) is 0 Å². The SMILES string of the molecule is O=C1CN=C(SCC(=O)N2CCC[C@H]3CCCC[C@@H]32)N1c1ccccc1Cl. The molecule has 0 unspecified atom stereocenters. The number of amidine groups is 1. The average molecular weight is 406 g/mol. The maximum absolute atomic E-state index is 12.9. The minimum atomic E-state index is -0.108.